The number of para-hydroxylation sites is 1. The molecule has 8 nitrogen and oxygen atoms in total. The monoisotopic (exact) mass is 375 g/mol. The number of methoxy groups -OCH3 is 1. The molecule has 0 spiro atoms. The van der Waals surface area contributed by atoms with Crippen LogP contribution in [-0.2, 0) is 7.05 Å². The maximum absolute atomic E-state index is 5.56. The highest BCUT2D eigenvalue weighted by atomic mass is 16.5. The minimum atomic E-state index is -0.247. The number of rotatable bonds is 6. The summed E-state index contributed by atoms with van der Waals surface area (Å²) >= 11 is 0. The van der Waals surface area contributed by atoms with Crippen LogP contribution in [0.1, 0.15) is 23.1 Å². The Hall–Kier alpha value is -3.68. The van der Waals surface area contributed by atoms with Gasteiger partial charge in [-0.05, 0) is 31.2 Å². The van der Waals surface area contributed by atoms with Gasteiger partial charge in [-0.15, -0.1) is 10.2 Å². The lowest BCUT2D eigenvalue weighted by atomic mass is 10.0. The molecule has 0 bridgehead atoms. The molecule has 1 unspecified atom stereocenters. The van der Waals surface area contributed by atoms with E-state index < -0.39 is 0 Å². The largest absolute Gasteiger partial charge is 0.496 e. The van der Waals surface area contributed by atoms with Crippen molar-refractivity contribution in [2.75, 3.05) is 12.4 Å². The second kappa shape index (κ2) is 7.51. The lowest BCUT2D eigenvalue weighted by Gasteiger charge is -2.21. The third-order valence-electron chi connectivity index (χ3n) is 4.47. The summed E-state index contributed by atoms with van der Waals surface area (Å²) in [6, 6.07) is 13.3. The fourth-order valence-corrected chi connectivity index (χ4v) is 3.06. The molecular weight excluding hydrogens is 354 g/mol. The Balaban J connectivity index is 1.67. The highest BCUT2D eigenvalue weighted by Gasteiger charge is 2.22. The second-order valence-corrected chi connectivity index (χ2v) is 6.39. The molecule has 1 aromatic carbocycles. The van der Waals surface area contributed by atoms with E-state index in [1.807, 2.05) is 73.4 Å². The van der Waals surface area contributed by atoms with Crippen LogP contribution in [-0.4, -0.2) is 36.6 Å². The molecule has 4 aromatic rings. The molecule has 3 heterocycles. The summed E-state index contributed by atoms with van der Waals surface area (Å²) in [5.41, 5.74) is 1.89. The van der Waals surface area contributed by atoms with Crippen LogP contribution in [0.25, 0.3) is 5.82 Å². The van der Waals surface area contributed by atoms with Gasteiger partial charge in [0.05, 0.1) is 12.8 Å². The fraction of sp³-hybridized carbons (Fsp3) is 0.200. The van der Waals surface area contributed by atoms with E-state index >= 15 is 0 Å². The molecule has 0 radical (unpaired) electrons. The van der Waals surface area contributed by atoms with Gasteiger partial charge in [-0.25, -0.2) is 9.67 Å². The molecule has 0 aliphatic heterocycles. The molecule has 4 rings (SSSR count). The van der Waals surface area contributed by atoms with E-state index in [1.54, 1.807) is 18.0 Å². The normalized spacial score (nSPS) is 12.0. The van der Waals surface area contributed by atoms with Crippen LogP contribution in [0.4, 0.5) is 5.82 Å². The Bertz CT molecular complexity index is 1070. The first-order valence-electron chi connectivity index (χ1n) is 8.89. The van der Waals surface area contributed by atoms with Crippen molar-refractivity contribution in [1.29, 1.82) is 0 Å². The average Bonchev–Trinajstić information content (AvgIpc) is 3.35. The van der Waals surface area contributed by atoms with Crippen LogP contribution in [0.2, 0.25) is 0 Å². The molecule has 28 heavy (non-hydrogen) atoms. The molecule has 0 fully saturated rings. The Morgan fingerprint density at radius 1 is 1.04 bits per heavy atom. The van der Waals surface area contributed by atoms with Crippen molar-refractivity contribution in [3.63, 3.8) is 0 Å². The van der Waals surface area contributed by atoms with Gasteiger partial charge in [0.1, 0.15) is 23.4 Å². The highest BCUT2D eigenvalue weighted by molar-refractivity contribution is 5.47. The minimum absolute atomic E-state index is 0.247. The third-order valence-corrected chi connectivity index (χ3v) is 4.47. The number of nitrogens with one attached hydrogen (secondary N) is 1. The number of imidazole rings is 1. The molecule has 0 aliphatic carbocycles. The number of aryl methyl sites for hydroxylation is 2. The number of hydrogen-bond donors (Lipinski definition) is 1. The Morgan fingerprint density at radius 3 is 2.54 bits per heavy atom. The lowest BCUT2D eigenvalue weighted by Crippen LogP contribution is -2.18. The summed E-state index contributed by atoms with van der Waals surface area (Å²) in [4.78, 5) is 4.51. The van der Waals surface area contributed by atoms with Gasteiger partial charge in [0.25, 0.3) is 0 Å². The first kappa shape index (κ1) is 17.7. The van der Waals surface area contributed by atoms with Crippen LogP contribution in [0.3, 0.4) is 0 Å². The zero-order valence-corrected chi connectivity index (χ0v) is 15.9. The van der Waals surface area contributed by atoms with Crippen LogP contribution in [0, 0.1) is 6.92 Å². The van der Waals surface area contributed by atoms with Gasteiger partial charge in [0.2, 0.25) is 0 Å². The number of ether oxygens (including phenoxy) is 1. The third kappa shape index (κ3) is 3.44. The number of aromatic nitrogens is 6. The highest BCUT2D eigenvalue weighted by Crippen LogP contribution is 2.31. The molecule has 0 saturated carbocycles. The van der Waals surface area contributed by atoms with Gasteiger partial charge in [-0.3, -0.25) is 0 Å². The van der Waals surface area contributed by atoms with Gasteiger partial charge in [0.15, 0.2) is 5.82 Å². The predicted molar refractivity (Wildman–Crippen MR) is 106 cm³/mol. The quantitative estimate of drug-likeness (QED) is 0.558. The maximum atomic E-state index is 5.56. The number of nitrogens with zero attached hydrogens (tertiary/aromatic N) is 6. The summed E-state index contributed by atoms with van der Waals surface area (Å²) in [6.07, 6.45) is 5.54. The summed E-state index contributed by atoms with van der Waals surface area (Å²) in [7, 11) is 3.62. The van der Waals surface area contributed by atoms with Crippen molar-refractivity contribution in [3.8, 4) is 11.6 Å². The van der Waals surface area contributed by atoms with Gasteiger partial charge in [-0.1, -0.05) is 18.2 Å². The molecule has 3 aromatic heterocycles. The van der Waals surface area contributed by atoms with Crippen molar-refractivity contribution in [2.45, 2.75) is 13.0 Å². The van der Waals surface area contributed by atoms with Crippen LogP contribution < -0.4 is 10.1 Å². The molecule has 0 amide bonds. The minimum Gasteiger partial charge on any atom is -0.496 e. The molecule has 142 valence electrons. The molecule has 1 atom stereocenters. The SMILES string of the molecule is COc1ccccc1C(Nc1ccc(-n2ccc(C)n2)nn1)c1nccn1C. The standard InChI is InChI=1S/C20H21N7O/c1-14-10-12-27(25-14)18-9-8-17(23-24-18)22-19(20-21-11-13-26(20)2)15-6-4-5-7-16(15)28-3/h4-13,19H,1-3H3,(H,22,23). The van der Waals surface area contributed by atoms with Gasteiger partial charge in [0, 0.05) is 31.2 Å². The van der Waals surface area contributed by atoms with E-state index in [-0.39, 0.29) is 6.04 Å². The van der Waals surface area contributed by atoms with E-state index in [0.29, 0.717) is 11.6 Å². The molecule has 0 aliphatic rings. The van der Waals surface area contributed by atoms with E-state index in [2.05, 4.69) is 25.6 Å². The smallest absolute Gasteiger partial charge is 0.175 e. The molecule has 8 heteroatoms. The van der Waals surface area contributed by atoms with Crippen molar-refractivity contribution in [2.24, 2.45) is 7.05 Å². The number of hydrogen-bond acceptors (Lipinski definition) is 6. The van der Waals surface area contributed by atoms with Gasteiger partial charge >= 0.3 is 0 Å². The first-order chi connectivity index (χ1) is 13.7. The van der Waals surface area contributed by atoms with Crippen molar-refractivity contribution < 1.29 is 4.74 Å². The van der Waals surface area contributed by atoms with Gasteiger partial charge in [-0.2, -0.15) is 5.10 Å². The van der Waals surface area contributed by atoms with Crippen LogP contribution in [0.5, 0.6) is 5.75 Å². The summed E-state index contributed by atoms with van der Waals surface area (Å²) < 4.78 is 9.22. The average molecular weight is 375 g/mol. The van der Waals surface area contributed by atoms with Crippen molar-refractivity contribution in [1.82, 2.24) is 29.5 Å². The van der Waals surface area contributed by atoms with Crippen LogP contribution >= 0.6 is 0 Å². The van der Waals surface area contributed by atoms with Crippen molar-refractivity contribution >= 4 is 5.82 Å². The Labute approximate surface area is 162 Å². The maximum Gasteiger partial charge on any atom is 0.175 e. The summed E-state index contributed by atoms with van der Waals surface area (Å²) in [5, 5.41) is 16.4. The fourth-order valence-electron chi connectivity index (χ4n) is 3.06. The topological polar surface area (TPSA) is 82.7 Å². The first-order valence-corrected chi connectivity index (χ1v) is 8.89. The van der Waals surface area contributed by atoms with Gasteiger partial charge < -0.3 is 14.6 Å². The van der Waals surface area contributed by atoms with E-state index in [0.717, 1.165) is 22.8 Å². The second-order valence-electron chi connectivity index (χ2n) is 6.39. The Kier molecular flexibility index (Phi) is 4.76. The number of anilines is 1. The predicted octanol–water partition coefficient (Wildman–Crippen LogP) is 2.91. The van der Waals surface area contributed by atoms with E-state index in [9.17, 15) is 0 Å². The van der Waals surface area contributed by atoms with E-state index in [1.165, 1.54) is 0 Å². The van der Waals surface area contributed by atoms with E-state index in [4.69, 9.17) is 4.74 Å². The Morgan fingerprint density at radius 2 is 1.89 bits per heavy atom. The van der Waals surface area contributed by atoms with Crippen LogP contribution in [0.15, 0.2) is 61.1 Å². The molecule has 0 saturated heterocycles. The molecular formula is C20H21N7O. The lowest BCUT2D eigenvalue weighted by molar-refractivity contribution is 0.408. The number of benzene rings is 1. The molecule has 1 N–H and O–H groups in total. The summed E-state index contributed by atoms with van der Waals surface area (Å²) in [6.45, 7) is 1.94. The van der Waals surface area contributed by atoms with Crippen molar-refractivity contribution in [3.05, 3.63) is 78.1 Å². The summed E-state index contributed by atoms with van der Waals surface area (Å²) in [5.74, 6) is 2.91. The zero-order chi connectivity index (χ0) is 19.5. The zero-order valence-electron chi connectivity index (χ0n) is 15.9.